The molecule has 160 valence electrons. The number of aromatic nitrogens is 1. The Morgan fingerprint density at radius 3 is 2.53 bits per heavy atom. The van der Waals surface area contributed by atoms with Crippen LogP contribution in [0.1, 0.15) is 28.4 Å². The van der Waals surface area contributed by atoms with Crippen LogP contribution in [-0.4, -0.2) is 65.9 Å². The Hall–Kier alpha value is -2.54. The van der Waals surface area contributed by atoms with Crippen LogP contribution in [0.25, 0.3) is 0 Å². The van der Waals surface area contributed by atoms with Gasteiger partial charge in [0.15, 0.2) is 0 Å². The second-order valence-electron chi connectivity index (χ2n) is 7.33. The number of piperazine rings is 1. The minimum absolute atomic E-state index is 0.0858. The molecular weight excluding hydrogens is 396 g/mol. The molecule has 0 bridgehead atoms. The van der Waals surface area contributed by atoms with Crippen molar-refractivity contribution in [2.75, 3.05) is 49.1 Å². The van der Waals surface area contributed by atoms with E-state index in [1.54, 1.807) is 18.0 Å². The predicted molar refractivity (Wildman–Crippen MR) is 123 cm³/mol. The largest absolute Gasteiger partial charge is 0.353 e. The van der Waals surface area contributed by atoms with Gasteiger partial charge in [0.1, 0.15) is 5.82 Å². The van der Waals surface area contributed by atoms with Gasteiger partial charge in [-0.05, 0) is 35.9 Å². The average molecular weight is 427 g/mol. The molecule has 2 heterocycles. The Kier molecular flexibility index (Phi) is 8.13. The molecule has 0 saturated carbocycles. The second-order valence-corrected chi connectivity index (χ2v) is 8.72. The van der Waals surface area contributed by atoms with Crippen molar-refractivity contribution in [3.63, 3.8) is 0 Å². The van der Waals surface area contributed by atoms with E-state index in [9.17, 15) is 9.59 Å². The van der Waals surface area contributed by atoms with Crippen molar-refractivity contribution in [1.29, 1.82) is 0 Å². The number of pyridine rings is 1. The number of nitrogens with zero attached hydrogens (tertiary/aromatic N) is 3. The summed E-state index contributed by atoms with van der Waals surface area (Å²) in [4.78, 5) is 33.4. The van der Waals surface area contributed by atoms with Crippen molar-refractivity contribution in [3.05, 3.63) is 59.3 Å². The topological polar surface area (TPSA) is 65.5 Å². The molecule has 1 saturated heterocycles. The maximum Gasteiger partial charge on any atom is 0.252 e. The van der Waals surface area contributed by atoms with Crippen LogP contribution in [0.15, 0.2) is 42.6 Å². The van der Waals surface area contributed by atoms with E-state index in [4.69, 9.17) is 0 Å². The van der Waals surface area contributed by atoms with Crippen LogP contribution < -0.4 is 10.2 Å². The molecule has 1 aromatic heterocycles. The number of nitrogens with one attached hydrogen (secondary N) is 1. The molecule has 7 heteroatoms. The highest BCUT2D eigenvalue weighted by Crippen LogP contribution is 2.16. The van der Waals surface area contributed by atoms with E-state index < -0.39 is 0 Å². The Bertz CT molecular complexity index is 849. The summed E-state index contributed by atoms with van der Waals surface area (Å²) >= 11 is 1.80. The van der Waals surface area contributed by atoms with E-state index in [1.165, 1.54) is 0 Å². The van der Waals surface area contributed by atoms with Gasteiger partial charge in [-0.2, -0.15) is 11.8 Å². The zero-order valence-corrected chi connectivity index (χ0v) is 18.6. The quantitative estimate of drug-likeness (QED) is 0.658. The molecule has 30 heavy (non-hydrogen) atoms. The summed E-state index contributed by atoms with van der Waals surface area (Å²) in [6, 6.07) is 11.7. The number of anilines is 1. The number of carbonyl (C=O) groups is 2. The standard InChI is InChI=1S/C23H30N4O2S/c1-3-30-15-10-24-23(29)20-8-9-21(25-17-20)26-11-13-27(14-12-26)22(28)16-19-7-5-4-6-18(19)2/h4-9,17H,3,10-16H2,1-2H3,(H,24,29). The van der Waals surface area contributed by atoms with Crippen LogP contribution in [-0.2, 0) is 11.2 Å². The van der Waals surface area contributed by atoms with Gasteiger partial charge in [-0.3, -0.25) is 9.59 Å². The van der Waals surface area contributed by atoms with Gasteiger partial charge in [0.05, 0.1) is 12.0 Å². The monoisotopic (exact) mass is 426 g/mol. The van der Waals surface area contributed by atoms with E-state index in [1.807, 2.05) is 48.2 Å². The molecular formula is C23H30N4O2S. The van der Waals surface area contributed by atoms with Crippen molar-refractivity contribution in [2.45, 2.75) is 20.3 Å². The summed E-state index contributed by atoms with van der Waals surface area (Å²) in [6.45, 7) is 7.67. The van der Waals surface area contributed by atoms with E-state index in [2.05, 4.69) is 22.1 Å². The van der Waals surface area contributed by atoms with Crippen molar-refractivity contribution in [2.24, 2.45) is 0 Å². The summed E-state index contributed by atoms with van der Waals surface area (Å²) in [7, 11) is 0. The molecule has 1 aromatic carbocycles. The van der Waals surface area contributed by atoms with Crippen LogP contribution >= 0.6 is 11.8 Å². The highest BCUT2D eigenvalue weighted by Gasteiger charge is 2.22. The number of amides is 2. The molecule has 1 N–H and O–H groups in total. The minimum Gasteiger partial charge on any atom is -0.353 e. The maximum atomic E-state index is 12.7. The first-order valence-electron chi connectivity index (χ1n) is 10.5. The molecule has 1 aliphatic heterocycles. The van der Waals surface area contributed by atoms with E-state index >= 15 is 0 Å². The van der Waals surface area contributed by atoms with Gasteiger partial charge in [0, 0.05) is 44.7 Å². The minimum atomic E-state index is -0.0858. The number of aryl methyl sites for hydroxylation is 1. The fourth-order valence-corrected chi connectivity index (χ4v) is 3.99. The van der Waals surface area contributed by atoms with Crippen LogP contribution in [0, 0.1) is 6.92 Å². The summed E-state index contributed by atoms with van der Waals surface area (Å²) in [5.74, 6) is 2.90. The van der Waals surface area contributed by atoms with E-state index in [0.29, 0.717) is 31.6 Å². The highest BCUT2D eigenvalue weighted by molar-refractivity contribution is 7.99. The average Bonchev–Trinajstić information content (AvgIpc) is 2.78. The van der Waals surface area contributed by atoms with Crippen molar-refractivity contribution < 1.29 is 9.59 Å². The third-order valence-electron chi connectivity index (χ3n) is 5.31. The summed E-state index contributed by atoms with van der Waals surface area (Å²) < 4.78 is 0. The fraction of sp³-hybridized carbons (Fsp3) is 0.435. The summed E-state index contributed by atoms with van der Waals surface area (Å²) in [6.07, 6.45) is 2.08. The number of rotatable bonds is 8. The summed E-state index contributed by atoms with van der Waals surface area (Å²) in [5.41, 5.74) is 2.82. The van der Waals surface area contributed by atoms with Gasteiger partial charge in [-0.15, -0.1) is 0 Å². The third-order valence-corrected chi connectivity index (χ3v) is 6.21. The molecule has 0 aliphatic carbocycles. The highest BCUT2D eigenvalue weighted by atomic mass is 32.2. The maximum absolute atomic E-state index is 12.7. The van der Waals surface area contributed by atoms with Gasteiger partial charge < -0.3 is 15.1 Å². The van der Waals surface area contributed by atoms with Crippen molar-refractivity contribution in [1.82, 2.24) is 15.2 Å². The Labute approximate surface area is 183 Å². The molecule has 1 aliphatic rings. The number of benzene rings is 1. The lowest BCUT2D eigenvalue weighted by molar-refractivity contribution is -0.130. The number of hydrogen-bond acceptors (Lipinski definition) is 5. The molecule has 0 radical (unpaired) electrons. The Morgan fingerprint density at radius 1 is 1.10 bits per heavy atom. The molecule has 1 fully saturated rings. The smallest absolute Gasteiger partial charge is 0.252 e. The lowest BCUT2D eigenvalue weighted by Gasteiger charge is -2.35. The van der Waals surface area contributed by atoms with Gasteiger partial charge in [-0.25, -0.2) is 4.98 Å². The second kappa shape index (κ2) is 11.0. The van der Waals surface area contributed by atoms with Crippen LogP contribution in [0.5, 0.6) is 0 Å². The van der Waals surface area contributed by atoms with Gasteiger partial charge in [0.25, 0.3) is 5.91 Å². The summed E-state index contributed by atoms with van der Waals surface area (Å²) in [5, 5.41) is 2.92. The van der Waals surface area contributed by atoms with E-state index in [-0.39, 0.29) is 11.8 Å². The number of thioether (sulfide) groups is 1. The van der Waals surface area contributed by atoms with E-state index in [0.717, 1.165) is 41.5 Å². The van der Waals surface area contributed by atoms with Crippen molar-refractivity contribution >= 4 is 29.4 Å². The normalized spacial score (nSPS) is 13.9. The molecule has 3 rings (SSSR count). The first-order valence-corrected chi connectivity index (χ1v) is 11.6. The van der Waals surface area contributed by atoms with Gasteiger partial charge >= 0.3 is 0 Å². The SMILES string of the molecule is CCSCCNC(=O)c1ccc(N2CCN(C(=O)Cc3ccccc3C)CC2)nc1. The Balaban J connectivity index is 1.48. The first kappa shape index (κ1) is 22.2. The lowest BCUT2D eigenvalue weighted by Crippen LogP contribution is -2.49. The number of hydrogen-bond donors (Lipinski definition) is 1. The predicted octanol–water partition coefficient (Wildman–Crippen LogP) is 2.76. The molecule has 2 aromatic rings. The van der Waals surface area contributed by atoms with Gasteiger partial charge in [0.2, 0.25) is 5.91 Å². The van der Waals surface area contributed by atoms with Crippen LogP contribution in [0.3, 0.4) is 0 Å². The molecule has 6 nitrogen and oxygen atoms in total. The molecule has 0 atom stereocenters. The zero-order chi connectivity index (χ0) is 21.3. The number of carbonyl (C=O) groups excluding carboxylic acids is 2. The Morgan fingerprint density at radius 2 is 1.87 bits per heavy atom. The molecule has 2 amide bonds. The molecule has 0 unspecified atom stereocenters. The van der Waals surface area contributed by atoms with Crippen LogP contribution in [0.2, 0.25) is 0 Å². The third kappa shape index (κ3) is 5.98. The first-order chi connectivity index (χ1) is 14.6. The molecule has 0 spiro atoms. The van der Waals surface area contributed by atoms with Crippen LogP contribution in [0.4, 0.5) is 5.82 Å². The lowest BCUT2D eigenvalue weighted by atomic mass is 10.1. The van der Waals surface area contributed by atoms with Crippen molar-refractivity contribution in [3.8, 4) is 0 Å². The van der Waals surface area contributed by atoms with Gasteiger partial charge in [-0.1, -0.05) is 31.2 Å². The zero-order valence-electron chi connectivity index (χ0n) is 17.8. The fourth-order valence-electron chi connectivity index (χ4n) is 3.46.